The Kier molecular flexibility index (Phi) is 8.68. The van der Waals surface area contributed by atoms with E-state index in [1.165, 1.54) is 0 Å². The van der Waals surface area contributed by atoms with Crippen molar-refractivity contribution in [1.82, 2.24) is 9.80 Å². The van der Waals surface area contributed by atoms with Crippen molar-refractivity contribution in [1.29, 1.82) is 0 Å². The van der Waals surface area contributed by atoms with Gasteiger partial charge in [0.25, 0.3) is 5.91 Å². The predicted molar refractivity (Wildman–Crippen MR) is 119 cm³/mol. The topological polar surface area (TPSA) is 69.7 Å². The molecule has 6 nitrogen and oxygen atoms in total. The molecule has 29 heavy (non-hydrogen) atoms. The summed E-state index contributed by atoms with van der Waals surface area (Å²) in [6.07, 6.45) is 1.37. The van der Waals surface area contributed by atoms with Crippen molar-refractivity contribution in [3.05, 3.63) is 28.2 Å². The highest BCUT2D eigenvalue weighted by Gasteiger charge is 2.28. The fourth-order valence-electron chi connectivity index (χ4n) is 3.97. The number of rotatable bonds is 7. The van der Waals surface area contributed by atoms with Gasteiger partial charge in [-0.05, 0) is 50.3 Å². The molecule has 1 aromatic carbocycles. The Morgan fingerprint density at radius 2 is 1.72 bits per heavy atom. The number of likely N-dealkylation sites (tertiary alicyclic amines) is 1. The lowest BCUT2D eigenvalue weighted by Crippen LogP contribution is -2.42. The highest BCUT2D eigenvalue weighted by atomic mass is 79.9. The fraction of sp³-hybridized carbons (Fsp3) is 0.591. The molecular formula is C22H32BrN3O3. The summed E-state index contributed by atoms with van der Waals surface area (Å²) in [7, 11) is 0. The molecule has 0 aliphatic carbocycles. The molecule has 1 aliphatic rings. The number of hydrogen-bond acceptors (Lipinski definition) is 3. The quantitative estimate of drug-likeness (QED) is 0.657. The summed E-state index contributed by atoms with van der Waals surface area (Å²) in [6.45, 7) is 10.9. The van der Waals surface area contributed by atoms with Gasteiger partial charge in [-0.15, -0.1) is 0 Å². The Labute approximate surface area is 182 Å². The normalized spacial score (nSPS) is 19.0. The van der Waals surface area contributed by atoms with Crippen LogP contribution in [0.2, 0.25) is 0 Å². The molecule has 0 saturated carbocycles. The SMILES string of the molecule is CCN(CC)C(=O)CCC(=O)Nc1ccc(Br)cc1C(=O)N1C[C@H](C)C[C@H](C)C1. The van der Waals surface area contributed by atoms with Crippen LogP contribution in [0.4, 0.5) is 5.69 Å². The standard InChI is InChI=1S/C22H32BrN3O3/c1-5-25(6-2)21(28)10-9-20(27)24-19-8-7-17(23)12-18(19)22(29)26-13-15(3)11-16(4)14-26/h7-8,12,15-16H,5-6,9-11,13-14H2,1-4H3,(H,24,27)/t15-,16+. The zero-order valence-electron chi connectivity index (χ0n) is 17.8. The summed E-state index contributed by atoms with van der Waals surface area (Å²) >= 11 is 3.43. The van der Waals surface area contributed by atoms with E-state index in [-0.39, 0.29) is 30.6 Å². The molecule has 1 aliphatic heterocycles. The maximum atomic E-state index is 13.2. The minimum atomic E-state index is -0.262. The lowest BCUT2D eigenvalue weighted by atomic mass is 9.91. The molecule has 7 heteroatoms. The van der Waals surface area contributed by atoms with Gasteiger partial charge in [0.15, 0.2) is 0 Å². The average molecular weight is 466 g/mol. The third-order valence-electron chi connectivity index (χ3n) is 5.32. The third-order valence-corrected chi connectivity index (χ3v) is 5.82. The van der Waals surface area contributed by atoms with E-state index < -0.39 is 0 Å². The first-order valence-corrected chi connectivity index (χ1v) is 11.2. The van der Waals surface area contributed by atoms with Crippen molar-refractivity contribution < 1.29 is 14.4 Å². The van der Waals surface area contributed by atoms with Crippen LogP contribution in [-0.4, -0.2) is 53.7 Å². The number of halogens is 1. The molecule has 3 amide bonds. The molecule has 160 valence electrons. The zero-order chi connectivity index (χ0) is 21.6. The summed E-state index contributed by atoms with van der Waals surface area (Å²) in [6, 6.07) is 5.29. The smallest absolute Gasteiger partial charge is 0.256 e. The van der Waals surface area contributed by atoms with Crippen LogP contribution in [0.25, 0.3) is 0 Å². The molecule has 0 spiro atoms. The molecule has 0 unspecified atom stereocenters. The van der Waals surface area contributed by atoms with E-state index in [1.54, 1.807) is 23.1 Å². The summed E-state index contributed by atoms with van der Waals surface area (Å²) < 4.78 is 0.786. The van der Waals surface area contributed by atoms with Gasteiger partial charge in [-0.2, -0.15) is 0 Å². The number of hydrogen-bond donors (Lipinski definition) is 1. The second kappa shape index (κ2) is 10.8. The molecule has 1 N–H and O–H groups in total. The van der Waals surface area contributed by atoms with E-state index in [4.69, 9.17) is 0 Å². The number of carbonyl (C=O) groups excluding carboxylic acids is 3. The van der Waals surface area contributed by atoms with Crippen LogP contribution in [0.15, 0.2) is 22.7 Å². The first kappa shape index (κ1) is 23.4. The Morgan fingerprint density at radius 3 is 2.31 bits per heavy atom. The van der Waals surface area contributed by atoms with E-state index in [2.05, 4.69) is 35.1 Å². The predicted octanol–water partition coefficient (Wildman–Crippen LogP) is 4.15. The molecule has 2 rings (SSSR count). The third kappa shape index (κ3) is 6.56. The highest BCUT2D eigenvalue weighted by Crippen LogP contribution is 2.27. The van der Waals surface area contributed by atoms with E-state index in [9.17, 15) is 14.4 Å². The van der Waals surface area contributed by atoms with Gasteiger partial charge < -0.3 is 15.1 Å². The summed E-state index contributed by atoms with van der Waals surface area (Å²) in [5, 5.41) is 2.83. The van der Waals surface area contributed by atoms with Gasteiger partial charge in [0.1, 0.15) is 0 Å². The van der Waals surface area contributed by atoms with E-state index >= 15 is 0 Å². The largest absolute Gasteiger partial charge is 0.343 e. The second-order valence-corrected chi connectivity index (χ2v) is 8.88. The van der Waals surface area contributed by atoms with Crippen LogP contribution in [0, 0.1) is 11.8 Å². The van der Waals surface area contributed by atoms with Crippen molar-refractivity contribution in [3.63, 3.8) is 0 Å². The van der Waals surface area contributed by atoms with Crippen LogP contribution in [0.1, 0.15) is 57.3 Å². The van der Waals surface area contributed by atoms with Crippen molar-refractivity contribution in [3.8, 4) is 0 Å². The lowest BCUT2D eigenvalue weighted by molar-refractivity contribution is -0.132. The molecule has 1 aromatic rings. The van der Waals surface area contributed by atoms with E-state index in [0.29, 0.717) is 36.2 Å². The molecular weight excluding hydrogens is 434 g/mol. The maximum Gasteiger partial charge on any atom is 0.256 e. The van der Waals surface area contributed by atoms with Crippen molar-refractivity contribution in [2.75, 3.05) is 31.5 Å². The molecule has 0 aromatic heterocycles. The van der Waals surface area contributed by atoms with Gasteiger partial charge in [-0.1, -0.05) is 29.8 Å². The van der Waals surface area contributed by atoms with Gasteiger partial charge in [-0.25, -0.2) is 0 Å². The van der Waals surface area contributed by atoms with E-state index in [0.717, 1.165) is 24.0 Å². The lowest BCUT2D eigenvalue weighted by Gasteiger charge is -2.35. The van der Waals surface area contributed by atoms with Gasteiger partial charge in [0.2, 0.25) is 11.8 Å². The number of carbonyl (C=O) groups is 3. The Bertz CT molecular complexity index is 739. The fourth-order valence-corrected chi connectivity index (χ4v) is 4.33. The number of amides is 3. The van der Waals surface area contributed by atoms with Crippen LogP contribution in [0.3, 0.4) is 0 Å². The van der Waals surface area contributed by atoms with Crippen LogP contribution < -0.4 is 5.32 Å². The highest BCUT2D eigenvalue weighted by molar-refractivity contribution is 9.10. The number of benzene rings is 1. The molecule has 0 bridgehead atoms. The Hall–Kier alpha value is -1.89. The van der Waals surface area contributed by atoms with Crippen LogP contribution >= 0.6 is 15.9 Å². The Morgan fingerprint density at radius 1 is 1.10 bits per heavy atom. The van der Waals surface area contributed by atoms with Crippen molar-refractivity contribution in [2.24, 2.45) is 11.8 Å². The minimum absolute atomic E-state index is 0.0338. The monoisotopic (exact) mass is 465 g/mol. The summed E-state index contributed by atoms with van der Waals surface area (Å²) in [5.74, 6) is 0.549. The number of nitrogens with zero attached hydrogens (tertiary/aromatic N) is 2. The van der Waals surface area contributed by atoms with Crippen LogP contribution in [0.5, 0.6) is 0 Å². The molecule has 1 fully saturated rings. The first-order valence-electron chi connectivity index (χ1n) is 10.4. The van der Waals surface area contributed by atoms with Crippen LogP contribution in [-0.2, 0) is 9.59 Å². The summed E-state index contributed by atoms with van der Waals surface area (Å²) in [5.41, 5.74) is 0.966. The Balaban J connectivity index is 2.09. The number of anilines is 1. The maximum absolute atomic E-state index is 13.2. The van der Waals surface area contributed by atoms with Crippen molar-refractivity contribution >= 4 is 39.3 Å². The van der Waals surface area contributed by atoms with Gasteiger partial charge >= 0.3 is 0 Å². The summed E-state index contributed by atoms with van der Waals surface area (Å²) in [4.78, 5) is 41.3. The molecule has 0 radical (unpaired) electrons. The zero-order valence-corrected chi connectivity index (χ0v) is 19.4. The average Bonchev–Trinajstić information content (AvgIpc) is 2.67. The molecule has 1 saturated heterocycles. The number of nitrogens with one attached hydrogen (secondary N) is 1. The number of piperidine rings is 1. The second-order valence-electron chi connectivity index (χ2n) is 7.96. The molecule has 2 atom stereocenters. The van der Waals surface area contributed by atoms with Gasteiger partial charge in [0, 0.05) is 43.5 Å². The molecule has 1 heterocycles. The minimum Gasteiger partial charge on any atom is -0.343 e. The first-order chi connectivity index (χ1) is 13.7. The van der Waals surface area contributed by atoms with Gasteiger partial charge in [0.05, 0.1) is 11.3 Å². The van der Waals surface area contributed by atoms with Gasteiger partial charge in [-0.3, -0.25) is 14.4 Å². The van der Waals surface area contributed by atoms with E-state index in [1.807, 2.05) is 18.7 Å². The van der Waals surface area contributed by atoms with Crippen molar-refractivity contribution in [2.45, 2.75) is 47.0 Å².